The van der Waals surface area contributed by atoms with Crippen LogP contribution in [0, 0.1) is 5.92 Å². The summed E-state index contributed by atoms with van der Waals surface area (Å²) in [5.74, 6) is 0.243. The molecular formula is C18H24N2O2. The summed E-state index contributed by atoms with van der Waals surface area (Å²) in [5, 5.41) is 5.81. The van der Waals surface area contributed by atoms with Crippen LogP contribution in [0.2, 0.25) is 0 Å². The molecule has 0 saturated heterocycles. The second-order valence-corrected chi connectivity index (χ2v) is 6.41. The van der Waals surface area contributed by atoms with E-state index in [0.29, 0.717) is 13.0 Å². The highest BCUT2D eigenvalue weighted by molar-refractivity contribution is 5.91. The van der Waals surface area contributed by atoms with Gasteiger partial charge >= 0.3 is 0 Å². The number of benzene rings is 1. The lowest BCUT2D eigenvalue weighted by Gasteiger charge is -2.11. The molecule has 22 heavy (non-hydrogen) atoms. The Labute approximate surface area is 131 Å². The number of carbonyl (C=O) groups excluding carboxylic acids is 2. The Morgan fingerprint density at radius 1 is 1.05 bits per heavy atom. The van der Waals surface area contributed by atoms with Gasteiger partial charge in [-0.05, 0) is 55.4 Å². The van der Waals surface area contributed by atoms with Crippen molar-refractivity contribution in [2.75, 3.05) is 11.9 Å². The van der Waals surface area contributed by atoms with Crippen molar-refractivity contribution in [2.24, 2.45) is 5.92 Å². The topological polar surface area (TPSA) is 58.2 Å². The molecule has 3 rings (SSSR count). The lowest BCUT2D eigenvalue weighted by atomic mass is 10.1. The number of hydrogen-bond acceptors (Lipinski definition) is 2. The monoisotopic (exact) mass is 300 g/mol. The third-order valence-corrected chi connectivity index (χ3v) is 4.76. The van der Waals surface area contributed by atoms with Crippen molar-refractivity contribution in [3.8, 4) is 0 Å². The third kappa shape index (κ3) is 3.67. The molecule has 0 atom stereocenters. The highest BCUT2D eigenvalue weighted by Gasteiger charge is 2.22. The fourth-order valence-corrected chi connectivity index (χ4v) is 3.50. The summed E-state index contributed by atoms with van der Waals surface area (Å²) in [6.45, 7) is 0.423. The first-order chi connectivity index (χ1) is 10.7. The molecule has 2 aliphatic rings. The molecule has 0 spiro atoms. The number of nitrogens with one attached hydrogen (secondary N) is 2. The summed E-state index contributed by atoms with van der Waals surface area (Å²) >= 11 is 0. The number of anilines is 1. The zero-order chi connectivity index (χ0) is 15.4. The van der Waals surface area contributed by atoms with Gasteiger partial charge in [-0.25, -0.2) is 0 Å². The first-order valence-electron chi connectivity index (χ1n) is 8.42. The zero-order valence-corrected chi connectivity index (χ0v) is 13.0. The second kappa shape index (κ2) is 6.95. The molecule has 4 heteroatoms. The Morgan fingerprint density at radius 2 is 1.82 bits per heavy atom. The molecule has 4 nitrogen and oxygen atoms in total. The standard InChI is InChI=1S/C18H24N2O2/c21-17(10-11-19-18(22)14-4-1-2-5-14)20-16-9-8-13-6-3-7-15(13)12-16/h8-9,12,14H,1-7,10-11H2,(H,19,22)(H,20,21). The number of aryl methyl sites for hydroxylation is 2. The van der Waals surface area contributed by atoms with E-state index in [-0.39, 0.29) is 17.7 Å². The average Bonchev–Trinajstić information content (AvgIpc) is 3.18. The summed E-state index contributed by atoms with van der Waals surface area (Å²) in [5.41, 5.74) is 3.63. The normalized spacial score (nSPS) is 17.3. The lowest BCUT2D eigenvalue weighted by molar-refractivity contribution is -0.124. The van der Waals surface area contributed by atoms with Crippen LogP contribution < -0.4 is 10.6 Å². The number of carbonyl (C=O) groups is 2. The molecule has 0 aromatic heterocycles. The van der Waals surface area contributed by atoms with Gasteiger partial charge in [0.05, 0.1) is 0 Å². The molecule has 1 aromatic rings. The van der Waals surface area contributed by atoms with E-state index in [1.165, 1.54) is 17.5 Å². The van der Waals surface area contributed by atoms with Gasteiger partial charge in [-0.15, -0.1) is 0 Å². The average molecular weight is 300 g/mol. The first kappa shape index (κ1) is 15.1. The summed E-state index contributed by atoms with van der Waals surface area (Å²) in [6, 6.07) is 6.16. The van der Waals surface area contributed by atoms with E-state index in [0.717, 1.165) is 44.2 Å². The van der Waals surface area contributed by atoms with Gasteiger partial charge in [0.15, 0.2) is 0 Å². The molecule has 1 aromatic carbocycles. The summed E-state index contributed by atoms with van der Waals surface area (Å²) < 4.78 is 0. The predicted octanol–water partition coefficient (Wildman–Crippen LogP) is 2.81. The molecular weight excluding hydrogens is 276 g/mol. The van der Waals surface area contributed by atoms with E-state index in [1.54, 1.807) is 0 Å². The summed E-state index contributed by atoms with van der Waals surface area (Å²) in [6.07, 6.45) is 8.08. The highest BCUT2D eigenvalue weighted by Crippen LogP contribution is 2.25. The second-order valence-electron chi connectivity index (χ2n) is 6.41. The number of hydrogen-bond donors (Lipinski definition) is 2. The van der Waals surface area contributed by atoms with Crippen LogP contribution in [0.5, 0.6) is 0 Å². The molecule has 0 bridgehead atoms. The quantitative estimate of drug-likeness (QED) is 0.878. The van der Waals surface area contributed by atoms with Crippen molar-refractivity contribution in [3.05, 3.63) is 29.3 Å². The van der Waals surface area contributed by atoms with Crippen molar-refractivity contribution < 1.29 is 9.59 Å². The maximum absolute atomic E-state index is 12.0. The van der Waals surface area contributed by atoms with Crippen LogP contribution in [-0.2, 0) is 22.4 Å². The Bertz CT molecular complexity index is 562. The minimum Gasteiger partial charge on any atom is -0.355 e. The Kier molecular flexibility index (Phi) is 4.76. The van der Waals surface area contributed by atoms with Gasteiger partial charge in [0.25, 0.3) is 0 Å². The van der Waals surface area contributed by atoms with Gasteiger partial charge in [0, 0.05) is 24.6 Å². The van der Waals surface area contributed by atoms with E-state index in [2.05, 4.69) is 22.8 Å². The maximum Gasteiger partial charge on any atom is 0.226 e. The van der Waals surface area contributed by atoms with Gasteiger partial charge < -0.3 is 10.6 Å². The molecule has 2 N–H and O–H groups in total. The number of amides is 2. The summed E-state index contributed by atoms with van der Waals surface area (Å²) in [4.78, 5) is 23.8. The van der Waals surface area contributed by atoms with Gasteiger partial charge in [0.2, 0.25) is 11.8 Å². The van der Waals surface area contributed by atoms with Crippen LogP contribution in [0.15, 0.2) is 18.2 Å². The summed E-state index contributed by atoms with van der Waals surface area (Å²) in [7, 11) is 0. The largest absolute Gasteiger partial charge is 0.355 e. The lowest BCUT2D eigenvalue weighted by Crippen LogP contribution is -2.32. The third-order valence-electron chi connectivity index (χ3n) is 4.76. The first-order valence-corrected chi connectivity index (χ1v) is 8.42. The highest BCUT2D eigenvalue weighted by atomic mass is 16.2. The van der Waals surface area contributed by atoms with Gasteiger partial charge in [-0.3, -0.25) is 9.59 Å². The molecule has 1 saturated carbocycles. The smallest absolute Gasteiger partial charge is 0.226 e. The molecule has 0 unspecified atom stereocenters. The van der Waals surface area contributed by atoms with E-state index >= 15 is 0 Å². The minimum absolute atomic E-state index is 0.0373. The SMILES string of the molecule is O=C(CCNC(=O)C1CCCC1)Nc1ccc2c(c1)CCC2. The van der Waals surface area contributed by atoms with Crippen molar-refractivity contribution in [2.45, 2.75) is 51.4 Å². The van der Waals surface area contributed by atoms with E-state index in [4.69, 9.17) is 0 Å². The number of rotatable bonds is 5. The molecule has 2 aliphatic carbocycles. The fourth-order valence-electron chi connectivity index (χ4n) is 3.50. The zero-order valence-electron chi connectivity index (χ0n) is 13.0. The Morgan fingerprint density at radius 3 is 2.64 bits per heavy atom. The van der Waals surface area contributed by atoms with Gasteiger partial charge in [-0.2, -0.15) is 0 Å². The Hall–Kier alpha value is -1.84. The molecule has 0 heterocycles. The molecule has 2 amide bonds. The van der Waals surface area contributed by atoms with E-state index in [9.17, 15) is 9.59 Å². The van der Waals surface area contributed by atoms with Gasteiger partial charge in [-0.1, -0.05) is 18.9 Å². The van der Waals surface area contributed by atoms with Crippen LogP contribution in [0.25, 0.3) is 0 Å². The van der Waals surface area contributed by atoms with Crippen molar-refractivity contribution in [1.29, 1.82) is 0 Å². The predicted molar refractivity (Wildman–Crippen MR) is 86.7 cm³/mol. The van der Waals surface area contributed by atoms with Crippen LogP contribution in [0.1, 0.15) is 49.7 Å². The van der Waals surface area contributed by atoms with Crippen LogP contribution >= 0.6 is 0 Å². The maximum atomic E-state index is 12.0. The fraction of sp³-hybridized carbons (Fsp3) is 0.556. The van der Waals surface area contributed by atoms with E-state index < -0.39 is 0 Å². The van der Waals surface area contributed by atoms with Crippen molar-refractivity contribution in [1.82, 2.24) is 5.32 Å². The molecule has 0 aliphatic heterocycles. The van der Waals surface area contributed by atoms with Crippen LogP contribution in [-0.4, -0.2) is 18.4 Å². The molecule has 1 fully saturated rings. The minimum atomic E-state index is -0.0373. The van der Waals surface area contributed by atoms with Gasteiger partial charge in [0.1, 0.15) is 0 Å². The van der Waals surface area contributed by atoms with Crippen molar-refractivity contribution in [3.63, 3.8) is 0 Å². The molecule has 0 radical (unpaired) electrons. The number of fused-ring (bicyclic) bond motifs is 1. The van der Waals surface area contributed by atoms with Crippen molar-refractivity contribution >= 4 is 17.5 Å². The van der Waals surface area contributed by atoms with E-state index in [1.807, 2.05) is 6.07 Å². The Balaban J connectivity index is 1.41. The van der Waals surface area contributed by atoms with Crippen LogP contribution in [0.4, 0.5) is 5.69 Å². The molecule has 118 valence electrons. The van der Waals surface area contributed by atoms with Crippen LogP contribution in [0.3, 0.4) is 0 Å².